The summed E-state index contributed by atoms with van der Waals surface area (Å²) in [6.45, 7) is 0. The smallest absolute Gasteiger partial charge is 0.248 e. The summed E-state index contributed by atoms with van der Waals surface area (Å²) in [4.78, 5) is 13.4. The number of hydrogen-bond donors (Lipinski definition) is 1. The van der Waals surface area contributed by atoms with E-state index in [-0.39, 0.29) is 5.91 Å². The van der Waals surface area contributed by atoms with Gasteiger partial charge in [0.1, 0.15) is 5.75 Å². The van der Waals surface area contributed by atoms with Gasteiger partial charge in [-0.2, -0.15) is 0 Å². The van der Waals surface area contributed by atoms with E-state index in [9.17, 15) is 4.79 Å². The van der Waals surface area contributed by atoms with Gasteiger partial charge < -0.3 is 10.1 Å². The quantitative estimate of drug-likeness (QED) is 0.429. The number of methoxy groups -OCH3 is 1. The van der Waals surface area contributed by atoms with E-state index in [0.717, 1.165) is 22.8 Å². The van der Waals surface area contributed by atoms with Gasteiger partial charge in [-0.15, -0.1) is 11.8 Å². The molecule has 0 unspecified atom stereocenters. The van der Waals surface area contributed by atoms with Gasteiger partial charge in [-0.1, -0.05) is 48.5 Å². The number of hydrogen-bond acceptors (Lipinski definition) is 3. The Balaban J connectivity index is 1.54. The second-order valence-corrected chi connectivity index (χ2v) is 6.91. The van der Waals surface area contributed by atoms with E-state index >= 15 is 0 Å². The van der Waals surface area contributed by atoms with Crippen LogP contribution < -0.4 is 10.1 Å². The number of benzene rings is 3. The van der Waals surface area contributed by atoms with Gasteiger partial charge in [-0.3, -0.25) is 4.79 Å². The number of anilines is 1. The monoisotopic (exact) mass is 375 g/mol. The first-order valence-electron chi connectivity index (χ1n) is 8.63. The molecule has 0 aliphatic carbocycles. The minimum absolute atomic E-state index is 0.174. The summed E-state index contributed by atoms with van der Waals surface area (Å²) < 4.78 is 5.28. The molecular formula is C23H21NO2S. The van der Waals surface area contributed by atoms with Crippen molar-refractivity contribution in [2.24, 2.45) is 0 Å². The summed E-state index contributed by atoms with van der Waals surface area (Å²) in [7, 11) is 1.62. The molecule has 0 atom stereocenters. The number of amides is 1. The van der Waals surface area contributed by atoms with Crippen molar-refractivity contribution in [3.8, 4) is 5.75 Å². The Hall–Kier alpha value is -2.98. The molecule has 0 heterocycles. The Morgan fingerprint density at radius 3 is 2.41 bits per heavy atom. The maximum atomic E-state index is 12.1. The zero-order valence-electron chi connectivity index (χ0n) is 15.1. The third-order valence-electron chi connectivity index (χ3n) is 3.92. The molecule has 1 N–H and O–H groups in total. The van der Waals surface area contributed by atoms with E-state index in [2.05, 4.69) is 17.4 Å². The molecule has 3 nitrogen and oxygen atoms in total. The highest BCUT2D eigenvalue weighted by atomic mass is 32.2. The number of para-hydroxylation sites is 1. The molecule has 3 rings (SSSR count). The lowest BCUT2D eigenvalue weighted by molar-refractivity contribution is -0.111. The Bertz CT molecular complexity index is 905. The SMILES string of the molecule is COc1ccccc1/C=C/C(=O)Nc1ccc(CSc2ccccc2)cc1. The molecule has 0 fully saturated rings. The number of rotatable bonds is 7. The van der Waals surface area contributed by atoms with E-state index in [1.54, 1.807) is 24.9 Å². The molecule has 0 aromatic heterocycles. The summed E-state index contributed by atoms with van der Waals surface area (Å²) in [5.41, 5.74) is 2.85. The van der Waals surface area contributed by atoms with E-state index < -0.39 is 0 Å². The lowest BCUT2D eigenvalue weighted by Crippen LogP contribution is -2.07. The van der Waals surface area contributed by atoms with Crippen molar-refractivity contribution in [3.05, 3.63) is 96.1 Å². The molecule has 3 aromatic rings. The number of carbonyl (C=O) groups excluding carboxylic acids is 1. The van der Waals surface area contributed by atoms with Crippen LogP contribution in [-0.4, -0.2) is 13.0 Å². The average Bonchev–Trinajstić information content (AvgIpc) is 2.72. The van der Waals surface area contributed by atoms with Gasteiger partial charge in [-0.25, -0.2) is 0 Å². The van der Waals surface area contributed by atoms with Crippen LogP contribution in [0, 0.1) is 0 Å². The average molecular weight is 375 g/mol. The highest BCUT2D eigenvalue weighted by Gasteiger charge is 2.01. The third kappa shape index (κ3) is 5.76. The zero-order valence-corrected chi connectivity index (χ0v) is 15.9. The molecule has 0 bridgehead atoms. The Kier molecular flexibility index (Phi) is 6.72. The predicted octanol–water partition coefficient (Wildman–Crippen LogP) is 5.64. The van der Waals surface area contributed by atoms with Gasteiger partial charge in [0.2, 0.25) is 5.91 Å². The van der Waals surface area contributed by atoms with Crippen LogP contribution in [0.2, 0.25) is 0 Å². The van der Waals surface area contributed by atoms with Crippen molar-refractivity contribution < 1.29 is 9.53 Å². The lowest BCUT2D eigenvalue weighted by atomic mass is 10.2. The number of thioether (sulfide) groups is 1. The first-order chi connectivity index (χ1) is 13.2. The lowest BCUT2D eigenvalue weighted by Gasteiger charge is -2.06. The van der Waals surface area contributed by atoms with Crippen LogP contribution in [0.3, 0.4) is 0 Å². The van der Waals surface area contributed by atoms with Gasteiger partial charge in [0, 0.05) is 28.0 Å². The third-order valence-corrected chi connectivity index (χ3v) is 5.01. The molecule has 0 saturated carbocycles. The fourth-order valence-corrected chi connectivity index (χ4v) is 3.40. The van der Waals surface area contributed by atoms with E-state index in [4.69, 9.17) is 4.74 Å². The van der Waals surface area contributed by atoms with Crippen molar-refractivity contribution in [2.75, 3.05) is 12.4 Å². The fourth-order valence-electron chi connectivity index (χ4n) is 2.52. The van der Waals surface area contributed by atoms with Crippen LogP contribution in [0.25, 0.3) is 6.08 Å². The molecule has 4 heteroatoms. The van der Waals surface area contributed by atoms with Gasteiger partial charge in [0.15, 0.2) is 0 Å². The Morgan fingerprint density at radius 1 is 0.963 bits per heavy atom. The van der Waals surface area contributed by atoms with Gasteiger partial charge >= 0.3 is 0 Å². The summed E-state index contributed by atoms with van der Waals surface area (Å²) >= 11 is 1.79. The molecule has 1 amide bonds. The summed E-state index contributed by atoms with van der Waals surface area (Å²) in [6, 6.07) is 25.8. The second-order valence-electron chi connectivity index (χ2n) is 5.86. The van der Waals surface area contributed by atoms with E-state index in [1.165, 1.54) is 16.5 Å². The van der Waals surface area contributed by atoms with Crippen LogP contribution in [0.1, 0.15) is 11.1 Å². The van der Waals surface area contributed by atoms with Crippen molar-refractivity contribution >= 4 is 29.4 Å². The standard InChI is InChI=1S/C23H21NO2S/c1-26-22-10-6-5-7-19(22)13-16-23(25)24-20-14-11-18(12-15-20)17-27-21-8-3-2-4-9-21/h2-16H,17H2,1H3,(H,24,25)/b16-13+. The molecule has 0 aliphatic heterocycles. The second kappa shape index (κ2) is 9.64. The normalized spacial score (nSPS) is 10.7. The Labute approximate surface area is 164 Å². The summed E-state index contributed by atoms with van der Waals surface area (Å²) in [5, 5.41) is 2.88. The minimum atomic E-state index is -0.174. The molecular weight excluding hydrogens is 354 g/mol. The van der Waals surface area contributed by atoms with E-state index in [1.807, 2.05) is 66.7 Å². The predicted molar refractivity (Wildman–Crippen MR) is 113 cm³/mol. The maximum Gasteiger partial charge on any atom is 0.248 e. The van der Waals surface area contributed by atoms with Gasteiger partial charge in [0.05, 0.1) is 7.11 Å². The first-order valence-corrected chi connectivity index (χ1v) is 9.62. The number of nitrogens with one attached hydrogen (secondary N) is 1. The van der Waals surface area contributed by atoms with Crippen molar-refractivity contribution in [1.29, 1.82) is 0 Å². The molecule has 3 aromatic carbocycles. The molecule has 0 radical (unpaired) electrons. The fraction of sp³-hybridized carbons (Fsp3) is 0.0870. The van der Waals surface area contributed by atoms with Crippen molar-refractivity contribution in [2.45, 2.75) is 10.6 Å². The summed E-state index contributed by atoms with van der Waals surface area (Å²) in [6.07, 6.45) is 3.26. The van der Waals surface area contributed by atoms with Crippen LogP contribution in [-0.2, 0) is 10.5 Å². The van der Waals surface area contributed by atoms with Crippen LogP contribution in [0.15, 0.2) is 89.8 Å². The number of carbonyl (C=O) groups is 1. The summed E-state index contributed by atoms with van der Waals surface area (Å²) in [5.74, 6) is 1.46. The number of ether oxygens (including phenoxy) is 1. The highest BCUT2D eigenvalue weighted by molar-refractivity contribution is 7.98. The van der Waals surface area contributed by atoms with Gasteiger partial charge in [0.25, 0.3) is 0 Å². The van der Waals surface area contributed by atoms with E-state index in [0.29, 0.717) is 0 Å². The molecule has 0 spiro atoms. The van der Waals surface area contributed by atoms with Crippen molar-refractivity contribution in [3.63, 3.8) is 0 Å². The maximum absolute atomic E-state index is 12.1. The van der Waals surface area contributed by atoms with Crippen molar-refractivity contribution in [1.82, 2.24) is 0 Å². The van der Waals surface area contributed by atoms with Crippen LogP contribution in [0.4, 0.5) is 5.69 Å². The molecule has 0 saturated heterocycles. The van der Waals surface area contributed by atoms with Crippen LogP contribution >= 0.6 is 11.8 Å². The molecule has 27 heavy (non-hydrogen) atoms. The molecule has 136 valence electrons. The highest BCUT2D eigenvalue weighted by Crippen LogP contribution is 2.23. The zero-order chi connectivity index (χ0) is 18.9. The Morgan fingerprint density at radius 2 is 1.67 bits per heavy atom. The first kappa shape index (κ1) is 18.8. The molecule has 0 aliphatic rings. The topological polar surface area (TPSA) is 38.3 Å². The largest absolute Gasteiger partial charge is 0.496 e. The van der Waals surface area contributed by atoms with Gasteiger partial charge in [-0.05, 0) is 42.0 Å². The minimum Gasteiger partial charge on any atom is -0.496 e. The van der Waals surface area contributed by atoms with Crippen LogP contribution in [0.5, 0.6) is 5.75 Å².